The van der Waals surface area contributed by atoms with Crippen LogP contribution in [0, 0.1) is 6.92 Å². The first-order valence-corrected chi connectivity index (χ1v) is 6.42. The zero-order valence-electron chi connectivity index (χ0n) is 9.51. The molecule has 0 aliphatic rings. The van der Waals surface area contributed by atoms with Crippen molar-refractivity contribution < 1.29 is 0 Å². The number of nitrogens with zero attached hydrogens (tertiary/aromatic N) is 1. The van der Waals surface area contributed by atoms with Crippen LogP contribution >= 0.6 is 27.5 Å². The van der Waals surface area contributed by atoms with Gasteiger partial charge in [-0.25, -0.2) is 4.98 Å². The Labute approximate surface area is 109 Å². The molecule has 1 aromatic heterocycles. The van der Waals surface area contributed by atoms with E-state index in [9.17, 15) is 0 Å². The SMILES string of the molecule is Cc1cc(Cl)cc2cc(C(C)C)c(Br)nc12. The fourth-order valence-electron chi connectivity index (χ4n) is 1.82. The van der Waals surface area contributed by atoms with E-state index in [0.29, 0.717) is 5.92 Å². The average molecular weight is 299 g/mol. The zero-order chi connectivity index (χ0) is 11.9. The van der Waals surface area contributed by atoms with E-state index >= 15 is 0 Å². The minimum absolute atomic E-state index is 0.450. The molecule has 0 bridgehead atoms. The zero-order valence-corrected chi connectivity index (χ0v) is 11.9. The summed E-state index contributed by atoms with van der Waals surface area (Å²) in [5, 5.41) is 1.88. The van der Waals surface area contributed by atoms with Crippen LogP contribution < -0.4 is 0 Å². The number of pyridine rings is 1. The predicted molar refractivity (Wildman–Crippen MR) is 73.3 cm³/mol. The highest BCUT2D eigenvalue weighted by Crippen LogP contribution is 2.30. The summed E-state index contributed by atoms with van der Waals surface area (Å²) >= 11 is 9.58. The second kappa shape index (κ2) is 4.34. The standard InChI is InChI=1S/C13H13BrClN/c1-7(2)11-6-9-5-10(15)4-8(3)12(9)16-13(11)14/h4-7H,1-3H3. The van der Waals surface area contributed by atoms with Gasteiger partial charge in [-0.05, 0) is 58.1 Å². The predicted octanol–water partition coefficient (Wildman–Crippen LogP) is 5.08. The summed E-state index contributed by atoms with van der Waals surface area (Å²) in [6, 6.07) is 6.07. The van der Waals surface area contributed by atoms with Crippen LogP contribution in [0.3, 0.4) is 0 Å². The molecule has 1 aromatic carbocycles. The lowest BCUT2D eigenvalue weighted by atomic mass is 10.0. The van der Waals surface area contributed by atoms with E-state index in [1.54, 1.807) is 0 Å². The van der Waals surface area contributed by atoms with Gasteiger partial charge in [-0.2, -0.15) is 0 Å². The Bertz CT molecular complexity index is 549. The van der Waals surface area contributed by atoms with E-state index in [1.165, 1.54) is 5.56 Å². The maximum Gasteiger partial charge on any atom is 0.110 e. The molecule has 0 N–H and O–H groups in total. The monoisotopic (exact) mass is 297 g/mol. The van der Waals surface area contributed by atoms with Gasteiger partial charge in [0.1, 0.15) is 4.60 Å². The molecule has 0 amide bonds. The van der Waals surface area contributed by atoms with Crippen LogP contribution in [0.5, 0.6) is 0 Å². The van der Waals surface area contributed by atoms with Gasteiger partial charge in [0.25, 0.3) is 0 Å². The molecule has 16 heavy (non-hydrogen) atoms. The van der Waals surface area contributed by atoms with Crippen molar-refractivity contribution in [3.8, 4) is 0 Å². The normalized spacial score (nSPS) is 11.4. The summed E-state index contributed by atoms with van der Waals surface area (Å²) in [5.74, 6) is 0.450. The van der Waals surface area contributed by atoms with Gasteiger partial charge in [-0.15, -0.1) is 0 Å². The summed E-state index contributed by atoms with van der Waals surface area (Å²) in [5.41, 5.74) is 3.34. The number of hydrogen-bond acceptors (Lipinski definition) is 1. The number of hydrogen-bond donors (Lipinski definition) is 0. The van der Waals surface area contributed by atoms with Crippen molar-refractivity contribution in [3.05, 3.63) is 39.0 Å². The fourth-order valence-corrected chi connectivity index (χ4v) is 2.85. The molecule has 2 rings (SSSR count). The molecule has 3 heteroatoms. The van der Waals surface area contributed by atoms with Crippen molar-refractivity contribution in [1.82, 2.24) is 4.98 Å². The minimum atomic E-state index is 0.450. The topological polar surface area (TPSA) is 12.9 Å². The van der Waals surface area contributed by atoms with Gasteiger partial charge in [-0.1, -0.05) is 25.4 Å². The van der Waals surface area contributed by atoms with Gasteiger partial charge in [0.05, 0.1) is 5.52 Å². The summed E-state index contributed by atoms with van der Waals surface area (Å²) in [4.78, 5) is 4.60. The Hall–Kier alpha value is -0.600. The van der Waals surface area contributed by atoms with Gasteiger partial charge < -0.3 is 0 Å². The number of rotatable bonds is 1. The van der Waals surface area contributed by atoms with Crippen LogP contribution in [0.2, 0.25) is 5.02 Å². The van der Waals surface area contributed by atoms with Crippen LogP contribution in [-0.4, -0.2) is 4.98 Å². The molecule has 0 saturated carbocycles. The van der Waals surface area contributed by atoms with Gasteiger partial charge in [0.15, 0.2) is 0 Å². The molecule has 2 aromatic rings. The van der Waals surface area contributed by atoms with Crippen molar-refractivity contribution in [2.45, 2.75) is 26.7 Å². The highest BCUT2D eigenvalue weighted by atomic mass is 79.9. The molecule has 0 aliphatic carbocycles. The first-order valence-electron chi connectivity index (χ1n) is 5.25. The molecule has 0 atom stereocenters. The number of aromatic nitrogens is 1. The third-order valence-electron chi connectivity index (χ3n) is 2.68. The molecule has 0 saturated heterocycles. The first kappa shape index (κ1) is 11.9. The molecule has 0 radical (unpaired) electrons. The average Bonchev–Trinajstić information content (AvgIpc) is 2.18. The van der Waals surface area contributed by atoms with Crippen molar-refractivity contribution in [2.24, 2.45) is 0 Å². The lowest BCUT2D eigenvalue weighted by molar-refractivity contribution is 0.854. The number of aryl methyl sites for hydroxylation is 1. The number of benzene rings is 1. The van der Waals surface area contributed by atoms with E-state index in [4.69, 9.17) is 11.6 Å². The lowest BCUT2D eigenvalue weighted by Crippen LogP contribution is -1.94. The Kier molecular flexibility index (Phi) is 3.22. The second-order valence-electron chi connectivity index (χ2n) is 4.32. The first-order chi connectivity index (χ1) is 7.49. The van der Waals surface area contributed by atoms with Crippen molar-refractivity contribution >= 4 is 38.4 Å². The third kappa shape index (κ3) is 2.09. The molecular weight excluding hydrogens is 286 g/mol. The van der Waals surface area contributed by atoms with Gasteiger partial charge in [0.2, 0.25) is 0 Å². The van der Waals surface area contributed by atoms with Crippen LogP contribution in [0.1, 0.15) is 30.9 Å². The summed E-state index contributed by atoms with van der Waals surface area (Å²) in [7, 11) is 0. The van der Waals surface area contributed by atoms with E-state index < -0.39 is 0 Å². The highest BCUT2D eigenvalue weighted by Gasteiger charge is 2.09. The molecule has 1 heterocycles. The maximum absolute atomic E-state index is 6.06. The fraction of sp³-hybridized carbons (Fsp3) is 0.308. The van der Waals surface area contributed by atoms with Crippen LogP contribution in [-0.2, 0) is 0 Å². The lowest BCUT2D eigenvalue weighted by Gasteiger charge is -2.11. The van der Waals surface area contributed by atoms with Gasteiger partial charge in [0, 0.05) is 10.4 Å². The maximum atomic E-state index is 6.06. The van der Waals surface area contributed by atoms with Crippen LogP contribution in [0.15, 0.2) is 22.8 Å². The van der Waals surface area contributed by atoms with E-state index in [1.807, 2.05) is 19.1 Å². The molecule has 84 valence electrons. The van der Waals surface area contributed by atoms with Crippen LogP contribution in [0.25, 0.3) is 10.9 Å². The van der Waals surface area contributed by atoms with Gasteiger partial charge >= 0.3 is 0 Å². The number of halogens is 2. The summed E-state index contributed by atoms with van der Waals surface area (Å²) in [6.45, 7) is 6.35. The minimum Gasteiger partial charge on any atom is -0.240 e. The van der Waals surface area contributed by atoms with Crippen molar-refractivity contribution in [3.63, 3.8) is 0 Å². The Morgan fingerprint density at radius 1 is 1.25 bits per heavy atom. The largest absolute Gasteiger partial charge is 0.240 e. The third-order valence-corrected chi connectivity index (χ3v) is 3.53. The molecular formula is C13H13BrClN. The van der Waals surface area contributed by atoms with Gasteiger partial charge in [-0.3, -0.25) is 0 Å². The Balaban J connectivity index is 2.79. The Morgan fingerprint density at radius 3 is 2.56 bits per heavy atom. The number of fused-ring (bicyclic) bond motifs is 1. The smallest absolute Gasteiger partial charge is 0.110 e. The molecule has 0 aliphatic heterocycles. The van der Waals surface area contributed by atoms with Crippen molar-refractivity contribution in [1.29, 1.82) is 0 Å². The van der Waals surface area contributed by atoms with Crippen LogP contribution in [0.4, 0.5) is 0 Å². The van der Waals surface area contributed by atoms with E-state index in [0.717, 1.165) is 26.1 Å². The van der Waals surface area contributed by atoms with E-state index in [-0.39, 0.29) is 0 Å². The summed E-state index contributed by atoms with van der Waals surface area (Å²) in [6.07, 6.45) is 0. The molecule has 0 unspecified atom stereocenters. The molecule has 0 spiro atoms. The highest BCUT2D eigenvalue weighted by molar-refractivity contribution is 9.10. The quantitative estimate of drug-likeness (QED) is 0.669. The molecule has 1 nitrogen and oxygen atoms in total. The van der Waals surface area contributed by atoms with Crippen molar-refractivity contribution in [2.75, 3.05) is 0 Å². The molecule has 0 fully saturated rings. The van der Waals surface area contributed by atoms with E-state index in [2.05, 4.69) is 40.8 Å². The summed E-state index contributed by atoms with van der Waals surface area (Å²) < 4.78 is 0.931. The Morgan fingerprint density at radius 2 is 1.94 bits per heavy atom. The second-order valence-corrected chi connectivity index (χ2v) is 5.51.